The Morgan fingerprint density at radius 3 is 2.65 bits per heavy atom. The number of nitrogens with one attached hydrogen (secondary N) is 1. The van der Waals surface area contributed by atoms with Crippen LogP contribution >= 0.6 is 11.3 Å². The van der Waals surface area contributed by atoms with E-state index < -0.39 is 0 Å². The van der Waals surface area contributed by atoms with Crippen molar-refractivity contribution in [3.05, 3.63) is 77.3 Å². The molecule has 0 aliphatic rings. The summed E-state index contributed by atoms with van der Waals surface area (Å²) in [5, 5.41) is 6.12. The number of aryl methyl sites for hydroxylation is 1. The van der Waals surface area contributed by atoms with Gasteiger partial charge in [-0.1, -0.05) is 49.4 Å². The van der Waals surface area contributed by atoms with Gasteiger partial charge in [0.1, 0.15) is 0 Å². The maximum absolute atomic E-state index is 12.8. The van der Waals surface area contributed by atoms with E-state index in [0.29, 0.717) is 10.7 Å². The Kier molecular flexibility index (Phi) is 4.46. The number of rotatable bonds is 4. The van der Waals surface area contributed by atoms with Crippen molar-refractivity contribution in [1.82, 2.24) is 9.97 Å². The first-order chi connectivity index (χ1) is 12.7. The molecule has 0 aliphatic heterocycles. The summed E-state index contributed by atoms with van der Waals surface area (Å²) in [5.74, 6) is -0.176. The fraction of sp³-hybridized carbons (Fsp3) is 0.0952. The zero-order valence-corrected chi connectivity index (χ0v) is 15.1. The van der Waals surface area contributed by atoms with Crippen molar-refractivity contribution in [2.24, 2.45) is 0 Å². The number of pyridine rings is 1. The van der Waals surface area contributed by atoms with Crippen LogP contribution in [0.15, 0.2) is 66.2 Å². The fourth-order valence-electron chi connectivity index (χ4n) is 2.87. The van der Waals surface area contributed by atoms with Crippen molar-refractivity contribution >= 4 is 33.3 Å². The molecule has 4 rings (SSSR count). The number of para-hydroxylation sites is 1. The van der Waals surface area contributed by atoms with Gasteiger partial charge in [0.2, 0.25) is 0 Å². The van der Waals surface area contributed by atoms with E-state index in [2.05, 4.69) is 41.5 Å². The van der Waals surface area contributed by atoms with Crippen LogP contribution in [0.5, 0.6) is 0 Å². The minimum atomic E-state index is -0.176. The van der Waals surface area contributed by atoms with Crippen LogP contribution in [0.2, 0.25) is 0 Å². The van der Waals surface area contributed by atoms with E-state index >= 15 is 0 Å². The Bertz CT molecular complexity index is 1060. The highest BCUT2D eigenvalue weighted by Crippen LogP contribution is 2.26. The molecule has 2 heterocycles. The number of hydrogen-bond donors (Lipinski definition) is 1. The number of carbonyl (C=O) groups excluding carboxylic acids is 1. The zero-order valence-electron chi connectivity index (χ0n) is 14.3. The quantitative estimate of drug-likeness (QED) is 0.547. The van der Waals surface area contributed by atoms with Crippen molar-refractivity contribution < 1.29 is 4.79 Å². The molecular weight excluding hydrogens is 342 g/mol. The summed E-state index contributed by atoms with van der Waals surface area (Å²) in [7, 11) is 0. The average Bonchev–Trinajstić information content (AvgIpc) is 3.20. The molecule has 1 N–H and O–H groups in total. The van der Waals surface area contributed by atoms with Crippen molar-refractivity contribution in [3.8, 4) is 11.3 Å². The van der Waals surface area contributed by atoms with Crippen molar-refractivity contribution in [2.45, 2.75) is 13.3 Å². The number of fused-ring (bicyclic) bond motifs is 1. The van der Waals surface area contributed by atoms with Gasteiger partial charge in [-0.3, -0.25) is 10.1 Å². The molecule has 4 aromatic rings. The molecule has 0 atom stereocenters. The highest BCUT2D eigenvalue weighted by Gasteiger charge is 2.15. The Morgan fingerprint density at radius 1 is 1.12 bits per heavy atom. The minimum Gasteiger partial charge on any atom is -0.298 e. The molecule has 5 heteroatoms. The van der Waals surface area contributed by atoms with E-state index in [0.717, 1.165) is 28.6 Å². The number of carbonyl (C=O) groups is 1. The van der Waals surface area contributed by atoms with E-state index in [4.69, 9.17) is 4.98 Å². The van der Waals surface area contributed by atoms with Crippen LogP contribution < -0.4 is 5.32 Å². The Labute approximate surface area is 155 Å². The lowest BCUT2D eigenvalue weighted by atomic mass is 10.0. The van der Waals surface area contributed by atoms with Gasteiger partial charge in [0.15, 0.2) is 5.13 Å². The van der Waals surface area contributed by atoms with Gasteiger partial charge in [-0.2, -0.15) is 0 Å². The van der Waals surface area contributed by atoms with Gasteiger partial charge >= 0.3 is 0 Å². The second-order valence-corrected chi connectivity index (χ2v) is 6.81. The van der Waals surface area contributed by atoms with Crippen LogP contribution in [0.3, 0.4) is 0 Å². The topological polar surface area (TPSA) is 54.9 Å². The smallest absolute Gasteiger partial charge is 0.258 e. The number of benzene rings is 2. The number of anilines is 1. The van der Waals surface area contributed by atoms with Crippen molar-refractivity contribution in [2.75, 3.05) is 5.32 Å². The average molecular weight is 359 g/mol. The fourth-order valence-corrected chi connectivity index (χ4v) is 3.40. The first kappa shape index (κ1) is 16.4. The molecule has 1 amide bonds. The first-order valence-corrected chi connectivity index (χ1v) is 9.32. The van der Waals surface area contributed by atoms with E-state index in [9.17, 15) is 4.79 Å². The summed E-state index contributed by atoms with van der Waals surface area (Å²) in [6, 6.07) is 17.9. The van der Waals surface area contributed by atoms with Gasteiger partial charge in [-0.25, -0.2) is 9.97 Å². The van der Waals surface area contributed by atoms with Crippen LogP contribution in [0.4, 0.5) is 5.13 Å². The Morgan fingerprint density at radius 2 is 1.92 bits per heavy atom. The minimum absolute atomic E-state index is 0.176. The second kappa shape index (κ2) is 7.06. The van der Waals surface area contributed by atoms with E-state index in [-0.39, 0.29) is 5.91 Å². The molecular formula is C21H17N3OS. The molecule has 2 aromatic heterocycles. The molecule has 0 spiro atoms. The van der Waals surface area contributed by atoms with E-state index in [1.807, 2.05) is 35.7 Å². The van der Waals surface area contributed by atoms with Crippen LogP contribution in [0.25, 0.3) is 22.2 Å². The zero-order chi connectivity index (χ0) is 17.9. The lowest BCUT2D eigenvalue weighted by molar-refractivity contribution is 0.102. The molecule has 0 fully saturated rings. The Balaban J connectivity index is 1.81. The molecule has 128 valence electrons. The lowest BCUT2D eigenvalue weighted by Gasteiger charge is -2.10. The van der Waals surface area contributed by atoms with Crippen LogP contribution in [0.1, 0.15) is 22.8 Å². The van der Waals surface area contributed by atoms with Gasteiger partial charge < -0.3 is 0 Å². The summed E-state index contributed by atoms with van der Waals surface area (Å²) in [5.41, 5.74) is 4.46. The second-order valence-electron chi connectivity index (χ2n) is 5.91. The van der Waals surface area contributed by atoms with Gasteiger partial charge in [-0.05, 0) is 24.1 Å². The molecule has 0 saturated carbocycles. The molecule has 4 nitrogen and oxygen atoms in total. The highest BCUT2D eigenvalue weighted by molar-refractivity contribution is 7.13. The predicted molar refractivity (Wildman–Crippen MR) is 107 cm³/mol. The lowest BCUT2D eigenvalue weighted by Crippen LogP contribution is -2.12. The van der Waals surface area contributed by atoms with Gasteiger partial charge in [-0.15, -0.1) is 11.3 Å². The summed E-state index contributed by atoms with van der Waals surface area (Å²) >= 11 is 1.40. The molecule has 0 unspecified atom stereocenters. The summed E-state index contributed by atoms with van der Waals surface area (Å²) < 4.78 is 0. The number of amides is 1. The Hall–Kier alpha value is -3.05. The number of nitrogens with zero attached hydrogens (tertiary/aromatic N) is 2. The standard InChI is InChI=1S/C21H17N3OS/c1-2-14-7-9-15(10-8-14)19-13-17(16-5-3-4-6-18(16)23-19)20(25)24-21-22-11-12-26-21/h3-13H,2H2,1H3,(H,22,24,25). The number of aromatic nitrogens is 2. The van der Waals surface area contributed by atoms with Gasteiger partial charge in [0.05, 0.1) is 16.8 Å². The first-order valence-electron chi connectivity index (χ1n) is 8.44. The molecule has 0 radical (unpaired) electrons. The normalized spacial score (nSPS) is 10.8. The summed E-state index contributed by atoms with van der Waals surface area (Å²) in [6.07, 6.45) is 2.67. The molecule has 0 bridgehead atoms. The van der Waals surface area contributed by atoms with Gasteiger partial charge in [0.25, 0.3) is 5.91 Å². The third-order valence-electron chi connectivity index (χ3n) is 4.27. The third-order valence-corrected chi connectivity index (χ3v) is 4.96. The molecule has 0 saturated heterocycles. The SMILES string of the molecule is CCc1ccc(-c2cc(C(=O)Nc3nccs3)c3ccccc3n2)cc1. The van der Waals surface area contributed by atoms with Crippen molar-refractivity contribution in [1.29, 1.82) is 0 Å². The van der Waals surface area contributed by atoms with Crippen LogP contribution in [-0.4, -0.2) is 15.9 Å². The van der Waals surface area contributed by atoms with E-state index in [1.54, 1.807) is 6.20 Å². The predicted octanol–water partition coefficient (Wildman–Crippen LogP) is 5.17. The summed E-state index contributed by atoms with van der Waals surface area (Å²) in [6.45, 7) is 2.13. The monoisotopic (exact) mass is 359 g/mol. The maximum atomic E-state index is 12.8. The third kappa shape index (κ3) is 3.21. The summed E-state index contributed by atoms with van der Waals surface area (Å²) in [4.78, 5) is 21.7. The molecule has 2 aromatic carbocycles. The molecule has 0 aliphatic carbocycles. The molecule has 26 heavy (non-hydrogen) atoms. The van der Waals surface area contributed by atoms with Crippen molar-refractivity contribution in [3.63, 3.8) is 0 Å². The highest BCUT2D eigenvalue weighted by atomic mass is 32.1. The van der Waals surface area contributed by atoms with Crippen LogP contribution in [0, 0.1) is 0 Å². The number of thiazole rings is 1. The largest absolute Gasteiger partial charge is 0.298 e. The maximum Gasteiger partial charge on any atom is 0.258 e. The van der Waals surface area contributed by atoms with Gasteiger partial charge in [0, 0.05) is 22.5 Å². The number of hydrogen-bond acceptors (Lipinski definition) is 4. The van der Waals surface area contributed by atoms with Crippen LogP contribution in [-0.2, 0) is 6.42 Å². The van der Waals surface area contributed by atoms with E-state index in [1.165, 1.54) is 16.9 Å².